The highest BCUT2D eigenvalue weighted by Crippen LogP contribution is 2.33. The lowest BCUT2D eigenvalue weighted by molar-refractivity contribution is 0.605. The Morgan fingerprint density at radius 3 is 2.55 bits per heavy atom. The summed E-state index contributed by atoms with van der Waals surface area (Å²) in [7, 11) is 0. The number of fused-ring (bicyclic) bond motifs is 1. The van der Waals surface area contributed by atoms with Crippen LogP contribution in [0.4, 0.5) is 0 Å². The minimum atomic E-state index is 0.279. The molecule has 2 rings (SSSR count). The second-order valence-corrected chi connectivity index (χ2v) is 6.63. The molecule has 0 amide bonds. The van der Waals surface area contributed by atoms with Crippen LogP contribution in [0.3, 0.4) is 0 Å². The van der Waals surface area contributed by atoms with Crippen molar-refractivity contribution in [2.24, 2.45) is 10.9 Å². The van der Waals surface area contributed by atoms with Crippen molar-refractivity contribution < 1.29 is 0 Å². The fraction of sp³-hybridized carbons (Fsp3) is 0.381. The van der Waals surface area contributed by atoms with Gasteiger partial charge in [0, 0.05) is 11.5 Å². The molecule has 0 radical (unpaired) electrons. The van der Waals surface area contributed by atoms with Gasteiger partial charge in [-0.3, -0.25) is 4.99 Å². The minimum absolute atomic E-state index is 0.279. The Bertz CT molecular complexity index is 658. The summed E-state index contributed by atoms with van der Waals surface area (Å²) in [5, 5.41) is 0. The van der Waals surface area contributed by atoms with Crippen LogP contribution in [0.1, 0.15) is 50.3 Å². The molecule has 22 heavy (non-hydrogen) atoms. The fourth-order valence-corrected chi connectivity index (χ4v) is 2.90. The van der Waals surface area contributed by atoms with Crippen LogP contribution in [0.15, 0.2) is 59.6 Å². The topological polar surface area (TPSA) is 12.4 Å². The monoisotopic (exact) mass is 293 g/mol. The number of hydrogen-bond donors (Lipinski definition) is 0. The molecule has 0 bridgehead atoms. The maximum Gasteiger partial charge on any atom is 0.0719 e. The Morgan fingerprint density at radius 2 is 1.95 bits per heavy atom. The summed E-state index contributed by atoms with van der Waals surface area (Å²) in [4.78, 5) is 4.93. The zero-order valence-electron chi connectivity index (χ0n) is 14.5. The predicted molar refractivity (Wildman–Crippen MR) is 97.9 cm³/mol. The van der Waals surface area contributed by atoms with Crippen molar-refractivity contribution in [2.45, 2.75) is 46.6 Å². The van der Waals surface area contributed by atoms with E-state index in [0.717, 1.165) is 11.3 Å². The van der Waals surface area contributed by atoms with Crippen LogP contribution >= 0.6 is 0 Å². The van der Waals surface area contributed by atoms with Gasteiger partial charge in [0.05, 0.1) is 11.8 Å². The second kappa shape index (κ2) is 6.48. The lowest BCUT2D eigenvalue weighted by Crippen LogP contribution is -2.23. The molecule has 1 nitrogen and oxygen atoms in total. The first-order valence-corrected chi connectivity index (χ1v) is 8.07. The van der Waals surface area contributed by atoms with E-state index in [4.69, 9.17) is 4.99 Å². The first-order chi connectivity index (χ1) is 10.3. The number of aryl methyl sites for hydroxylation is 1. The van der Waals surface area contributed by atoms with Crippen LogP contribution in [-0.4, -0.2) is 11.8 Å². The van der Waals surface area contributed by atoms with Crippen LogP contribution in [0, 0.1) is 12.8 Å². The summed E-state index contributed by atoms with van der Waals surface area (Å²) in [6.45, 7) is 19.1. The van der Waals surface area contributed by atoms with Crippen molar-refractivity contribution >= 4 is 5.71 Å². The highest BCUT2D eigenvalue weighted by Gasteiger charge is 2.25. The van der Waals surface area contributed by atoms with Gasteiger partial charge in [0.1, 0.15) is 0 Å². The normalized spacial score (nSPS) is 21.4. The third-order valence-electron chi connectivity index (χ3n) is 4.56. The van der Waals surface area contributed by atoms with E-state index in [2.05, 4.69) is 72.1 Å². The van der Waals surface area contributed by atoms with E-state index < -0.39 is 0 Å². The molecule has 1 aromatic rings. The minimum Gasteiger partial charge on any atom is -0.280 e. The average molecular weight is 293 g/mol. The quantitative estimate of drug-likeness (QED) is 0.639. The second-order valence-electron chi connectivity index (χ2n) is 6.63. The number of benzene rings is 1. The summed E-state index contributed by atoms with van der Waals surface area (Å²) in [6.07, 6.45) is 4.05. The molecule has 1 aliphatic rings. The van der Waals surface area contributed by atoms with E-state index in [9.17, 15) is 0 Å². The van der Waals surface area contributed by atoms with Crippen LogP contribution in [0.25, 0.3) is 0 Å². The Kier molecular flexibility index (Phi) is 4.85. The molecule has 0 aliphatic carbocycles. The lowest BCUT2D eigenvalue weighted by Gasteiger charge is -2.28. The van der Waals surface area contributed by atoms with E-state index in [0.29, 0.717) is 11.8 Å². The van der Waals surface area contributed by atoms with Crippen molar-refractivity contribution in [1.29, 1.82) is 0 Å². The van der Waals surface area contributed by atoms with Crippen LogP contribution in [-0.2, 0) is 0 Å². The predicted octanol–water partition coefficient (Wildman–Crippen LogP) is 5.61. The summed E-state index contributed by atoms with van der Waals surface area (Å²) in [5.41, 5.74) is 7.09. The molecule has 1 aromatic carbocycles. The molecule has 1 heterocycles. The molecule has 1 heteroatoms. The number of rotatable bonds is 4. The van der Waals surface area contributed by atoms with Crippen molar-refractivity contribution in [1.82, 2.24) is 0 Å². The fourth-order valence-electron chi connectivity index (χ4n) is 2.90. The first-order valence-electron chi connectivity index (χ1n) is 8.07. The highest BCUT2D eigenvalue weighted by atomic mass is 14.8. The van der Waals surface area contributed by atoms with Crippen LogP contribution < -0.4 is 0 Å². The van der Waals surface area contributed by atoms with Gasteiger partial charge in [0.15, 0.2) is 0 Å². The largest absolute Gasteiger partial charge is 0.280 e. The molecule has 2 unspecified atom stereocenters. The zero-order valence-corrected chi connectivity index (χ0v) is 14.5. The van der Waals surface area contributed by atoms with Crippen molar-refractivity contribution in [2.75, 3.05) is 0 Å². The summed E-state index contributed by atoms with van der Waals surface area (Å²) in [5.74, 6) is 0.881. The standard InChI is InChI=1S/C21H27N/c1-8-18(13(2)3)12-15(5)21-20-11-14(4)9-10-19(20)16(6)17(7)22-21/h8-13,16-17H,1,5H2,2-4,6-7H3/b18-12+. The zero-order chi connectivity index (χ0) is 16.4. The van der Waals surface area contributed by atoms with Gasteiger partial charge in [0.25, 0.3) is 0 Å². The van der Waals surface area contributed by atoms with E-state index in [1.165, 1.54) is 22.3 Å². The SMILES string of the molecule is C=C/C(=C\C(=C)C1=NC(C)C(C)c2ccc(C)cc21)C(C)C. The molecule has 0 saturated heterocycles. The van der Waals surface area contributed by atoms with Gasteiger partial charge >= 0.3 is 0 Å². The van der Waals surface area contributed by atoms with Gasteiger partial charge in [-0.25, -0.2) is 0 Å². The Balaban J connectivity index is 2.51. The molecule has 116 valence electrons. The first kappa shape index (κ1) is 16.5. The van der Waals surface area contributed by atoms with Gasteiger partial charge in [-0.05, 0) is 48.6 Å². The summed E-state index contributed by atoms with van der Waals surface area (Å²) >= 11 is 0. The number of hydrogen-bond acceptors (Lipinski definition) is 1. The molecule has 0 saturated carbocycles. The van der Waals surface area contributed by atoms with Gasteiger partial charge in [-0.2, -0.15) is 0 Å². The Hall–Kier alpha value is -1.89. The number of aliphatic imine (C=N–C) groups is 1. The molecule has 0 N–H and O–H groups in total. The van der Waals surface area contributed by atoms with E-state index in [1.807, 2.05) is 6.08 Å². The van der Waals surface area contributed by atoms with Crippen LogP contribution in [0.2, 0.25) is 0 Å². The Morgan fingerprint density at radius 1 is 1.27 bits per heavy atom. The number of allylic oxidation sites excluding steroid dienone is 4. The molecule has 2 atom stereocenters. The molecule has 0 aromatic heterocycles. The van der Waals surface area contributed by atoms with E-state index in [-0.39, 0.29) is 6.04 Å². The maximum absolute atomic E-state index is 4.93. The average Bonchev–Trinajstić information content (AvgIpc) is 2.47. The van der Waals surface area contributed by atoms with Crippen molar-refractivity contribution in [3.8, 4) is 0 Å². The van der Waals surface area contributed by atoms with Gasteiger partial charge in [-0.15, -0.1) is 0 Å². The molecule has 0 fully saturated rings. The highest BCUT2D eigenvalue weighted by molar-refractivity contribution is 6.15. The molecule has 1 aliphatic heterocycles. The van der Waals surface area contributed by atoms with Crippen molar-refractivity contribution in [3.05, 3.63) is 71.3 Å². The van der Waals surface area contributed by atoms with E-state index >= 15 is 0 Å². The summed E-state index contributed by atoms with van der Waals surface area (Å²) in [6, 6.07) is 6.95. The number of nitrogens with zero attached hydrogens (tertiary/aromatic N) is 1. The molecule has 0 spiro atoms. The van der Waals surface area contributed by atoms with Crippen molar-refractivity contribution in [3.63, 3.8) is 0 Å². The third-order valence-corrected chi connectivity index (χ3v) is 4.56. The molecular formula is C21H27N. The maximum atomic E-state index is 4.93. The van der Waals surface area contributed by atoms with E-state index in [1.54, 1.807) is 0 Å². The summed E-state index contributed by atoms with van der Waals surface area (Å²) < 4.78 is 0. The van der Waals surface area contributed by atoms with Crippen LogP contribution in [0.5, 0.6) is 0 Å². The third kappa shape index (κ3) is 3.14. The Labute approximate surface area is 135 Å². The van der Waals surface area contributed by atoms with Gasteiger partial charge in [-0.1, -0.05) is 57.7 Å². The van der Waals surface area contributed by atoms with Gasteiger partial charge in [0.2, 0.25) is 0 Å². The molecular weight excluding hydrogens is 266 g/mol. The smallest absolute Gasteiger partial charge is 0.0719 e. The lowest BCUT2D eigenvalue weighted by atomic mass is 9.83. The van der Waals surface area contributed by atoms with Gasteiger partial charge < -0.3 is 0 Å².